The predicted molar refractivity (Wildman–Crippen MR) is 105 cm³/mol. The zero-order valence-electron chi connectivity index (χ0n) is 15.3. The summed E-state index contributed by atoms with van der Waals surface area (Å²) >= 11 is 6.63. The van der Waals surface area contributed by atoms with Crippen molar-refractivity contribution in [1.82, 2.24) is 30.0 Å². The Bertz CT molecular complexity index is 1180. The van der Waals surface area contributed by atoms with Crippen molar-refractivity contribution in [3.8, 4) is 23.1 Å². The van der Waals surface area contributed by atoms with Gasteiger partial charge >= 0.3 is 0 Å². The molecule has 0 unspecified atom stereocenters. The van der Waals surface area contributed by atoms with Gasteiger partial charge in [-0.15, -0.1) is 5.10 Å². The molecule has 2 heterocycles. The Kier molecular flexibility index (Phi) is 4.63. The van der Waals surface area contributed by atoms with E-state index in [0.717, 1.165) is 16.8 Å². The van der Waals surface area contributed by atoms with Crippen LogP contribution in [0.2, 0.25) is 5.15 Å². The lowest BCUT2D eigenvalue weighted by Crippen LogP contribution is -2.05. The number of aryl methyl sites for hydroxylation is 2. The lowest BCUT2D eigenvalue weighted by atomic mass is 10.1. The van der Waals surface area contributed by atoms with Gasteiger partial charge in [0.1, 0.15) is 5.15 Å². The summed E-state index contributed by atoms with van der Waals surface area (Å²) in [6, 6.07) is 15.5. The van der Waals surface area contributed by atoms with Crippen LogP contribution < -0.4 is 0 Å². The molecule has 0 amide bonds. The highest BCUT2D eigenvalue weighted by Gasteiger charge is 2.19. The number of aromatic nitrogens is 6. The second-order valence-corrected chi connectivity index (χ2v) is 6.88. The molecule has 0 aliphatic carbocycles. The van der Waals surface area contributed by atoms with Crippen LogP contribution in [0.25, 0.3) is 17.1 Å². The molecule has 4 rings (SSSR count). The molecule has 0 aliphatic heterocycles. The number of hydrogen-bond acceptors (Lipinski definition) is 5. The van der Waals surface area contributed by atoms with Crippen LogP contribution in [0, 0.1) is 25.2 Å². The van der Waals surface area contributed by atoms with Crippen molar-refractivity contribution in [1.29, 1.82) is 5.26 Å². The van der Waals surface area contributed by atoms with E-state index in [1.165, 1.54) is 5.56 Å². The molecule has 2 aromatic heterocycles. The van der Waals surface area contributed by atoms with Crippen molar-refractivity contribution in [2.75, 3.05) is 0 Å². The molecule has 4 aromatic rings. The molecule has 0 spiro atoms. The van der Waals surface area contributed by atoms with Crippen LogP contribution >= 0.6 is 11.6 Å². The Morgan fingerprint density at radius 3 is 2.61 bits per heavy atom. The van der Waals surface area contributed by atoms with Crippen molar-refractivity contribution in [2.45, 2.75) is 20.4 Å². The van der Waals surface area contributed by atoms with Gasteiger partial charge in [-0.25, -0.2) is 9.36 Å². The molecule has 0 radical (unpaired) electrons. The van der Waals surface area contributed by atoms with Gasteiger partial charge in [-0.2, -0.15) is 10.4 Å². The van der Waals surface area contributed by atoms with Crippen LogP contribution in [-0.4, -0.2) is 30.0 Å². The molecule has 0 bridgehead atoms. The third-order valence-electron chi connectivity index (χ3n) is 4.48. The standard InChI is InChI=1S/C20H16ClN7/c1-13-3-8-18(14(2)9-13)28-19(21)17(11-23-28)20-24-25-26-27(20)12-16-6-4-15(10-22)5-7-16/h3-9,11H,12H2,1-2H3. The van der Waals surface area contributed by atoms with Crippen molar-refractivity contribution in [2.24, 2.45) is 0 Å². The molecule has 0 saturated carbocycles. The zero-order chi connectivity index (χ0) is 19.7. The quantitative estimate of drug-likeness (QED) is 0.531. The number of rotatable bonds is 4. The van der Waals surface area contributed by atoms with E-state index in [4.69, 9.17) is 16.9 Å². The molecule has 2 aromatic carbocycles. The fourth-order valence-electron chi connectivity index (χ4n) is 3.06. The summed E-state index contributed by atoms with van der Waals surface area (Å²) in [6.45, 7) is 4.53. The van der Waals surface area contributed by atoms with E-state index in [2.05, 4.69) is 32.8 Å². The first-order valence-electron chi connectivity index (χ1n) is 8.63. The molecule has 0 aliphatic rings. The molecule has 7 nitrogen and oxygen atoms in total. The Morgan fingerprint density at radius 1 is 1.11 bits per heavy atom. The SMILES string of the molecule is Cc1ccc(-n2ncc(-c3nnnn3Cc3ccc(C#N)cc3)c2Cl)c(C)c1. The van der Waals surface area contributed by atoms with Crippen LogP contribution in [0.3, 0.4) is 0 Å². The molecule has 138 valence electrons. The van der Waals surface area contributed by atoms with Crippen LogP contribution in [0.4, 0.5) is 0 Å². The van der Waals surface area contributed by atoms with Gasteiger partial charge in [0.25, 0.3) is 0 Å². The molecule has 0 atom stereocenters. The van der Waals surface area contributed by atoms with Crippen molar-refractivity contribution >= 4 is 11.6 Å². The van der Waals surface area contributed by atoms with Crippen molar-refractivity contribution in [3.05, 3.63) is 76.1 Å². The van der Waals surface area contributed by atoms with Gasteiger partial charge < -0.3 is 0 Å². The molecule has 0 fully saturated rings. The second-order valence-electron chi connectivity index (χ2n) is 6.52. The molecule has 28 heavy (non-hydrogen) atoms. The Balaban J connectivity index is 1.69. The van der Waals surface area contributed by atoms with Gasteiger partial charge in [0, 0.05) is 0 Å². The number of tetrazole rings is 1. The van der Waals surface area contributed by atoms with E-state index in [1.54, 1.807) is 27.7 Å². The number of halogens is 1. The minimum Gasteiger partial charge on any atom is -0.221 e. The first-order chi connectivity index (χ1) is 13.6. The summed E-state index contributed by atoms with van der Waals surface area (Å²) in [6.07, 6.45) is 1.67. The molecule has 0 N–H and O–H groups in total. The van der Waals surface area contributed by atoms with Gasteiger partial charge in [0.2, 0.25) is 0 Å². The average molecular weight is 390 g/mol. The summed E-state index contributed by atoms with van der Waals surface area (Å²) in [7, 11) is 0. The number of benzene rings is 2. The van der Waals surface area contributed by atoms with E-state index in [0.29, 0.717) is 28.6 Å². The topological polar surface area (TPSA) is 85.2 Å². The van der Waals surface area contributed by atoms with E-state index in [-0.39, 0.29) is 0 Å². The van der Waals surface area contributed by atoms with Crippen LogP contribution in [-0.2, 0) is 6.54 Å². The average Bonchev–Trinajstić information content (AvgIpc) is 3.29. The van der Waals surface area contributed by atoms with Crippen LogP contribution in [0.1, 0.15) is 22.3 Å². The maximum absolute atomic E-state index is 8.93. The molecule has 0 saturated heterocycles. The lowest BCUT2D eigenvalue weighted by molar-refractivity contribution is 0.653. The second kappa shape index (κ2) is 7.25. The summed E-state index contributed by atoms with van der Waals surface area (Å²) in [5, 5.41) is 25.8. The Hall–Kier alpha value is -3.50. The van der Waals surface area contributed by atoms with Gasteiger partial charge in [0.15, 0.2) is 5.82 Å². The minimum absolute atomic E-state index is 0.447. The number of nitriles is 1. The smallest absolute Gasteiger partial charge is 0.187 e. The summed E-state index contributed by atoms with van der Waals surface area (Å²) in [5.41, 5.74) is 5.40. The predicted octanol–water partition coefficient (Wildman–Crippen LogP) is 3.72. The third-order valence-corrected chi connectivity index (χ3v) is 4.84. The fourth-order valence-corrected chi connectivity index (χ4v) is 3.32. The maximum Gasteiger partial charge on any atom is 0.187 e. The number of hydrogen-bond donors (Lipinski definition) is 0. The Morgan fingerprint density at radius 2 is 1.89 bits per heavy atom. The highest BCUT2D eigenvalue weighted by Crippen LogP contribution is 2.29. The van der Waals surface area contributed by atoms with Gasteiger partial charge in [-0.05, 0) is 53.6 Å². The third kappa shape index (κ3) is 3.26. The van der Waals surface area contributed by atoms with Gasteiger partial charge in [-0.1, -0.05) is 41.4 Å². The molecular weight excluding hydrogens is 374 g/mol. The summed E-state index contributed by atoms with van der Waals surface area (Å²) in [4.78, 5) is 0. The zero-order valence-corrected chi connectivity index (χ0v) is 16.1. The largest absolute Gasteiger partial charge is 0.221 e. The monoisotopic (exact) mass is 389 g/mol. The lowest BCUT2D eigenvalue weighted by Gasteiger charge is -2.08. The van der Waals surface area contributed by atoms with E-state index in [1.807, 2.05) is 38.1 Å². The van der Waals surface area contributed by atoms with Crippen molar-refractivity contribution < 1.29 is 0 Å². The van der Waals surface area contributed by atoms with E-state index >= 15 is 0 Å². The normalized spacial score (nSPS) is 10.8. The van der Waals surface area contributed by atoms with Gasteiger partial charge in [-0.3, -0.25) is 0 Å². The van der Waals surface area contributed by atoms with Crippen molar-refractivity contribution in [3.63, 3.8) is 0 Å². The first kappa shape index (κ1) is 17.9. The summed E-state index contributed by atoms with van der Waals surface area (Å²) < 4.78 is 3.35. The summed E-state index contributed by atoms with van der Waals surface area (Å²) in [5.74, 6) is 0.533. The van der Waals surface area contributed by atoms with Gasteiger partial charge in [0.05, 0.1) is 35.6 Å². The molecule has 8 heteroatoms. The highest BCUT2D eigenvalue weighted by atomic mass is 35.5. The van der Waals surface area contributed by atoms with Crippen LogP contribution in [0.15, 0.2) is 48.7 Å². The van der Waals surface area contributed by atoms with E-state index in [9.17, 15) is 0 Å². The fraction of sp³-hybridized carbons (Fsp3) is 0.150. The molecular formula is C20H16ClN7. The first-order valence-corrected chi connectivity index (χ1v) is 9.01. The minimum atomic E-state index is 0.447. The van der Waals surface area contributed by atoms with Crippen LogP contribution in [0.5, 0.6) is 0 Å². The maximum atomic E-state index is 8.93. The van der Waals surface area contributed by atoms with E-state index < -0.39 is 0 Å². The highest BCUT2D eigenvalue weighted by molar-refractivity contribution is 6.32. The number of nitrogens with zero attached hydrogens (tertiary/aromatic N) is 7. The Labute approximate surface area is 166 Å².